The van der Waals surface area contributed by atoms with E-state index in [1.54, 1.807) is 30.3 Å². The SMILES string of the molecule is Cc1nn(-c2cc(S(=O)(=O)O)ccc2S(=O)(=O)O)c(N=Nc2c(-c3ccccc3)nn(-c3ccc(C(=O)O)cc3)c2N)c1C#N. The molecule has 5 aromatic rings. The summed E-state index contributed by atoms with van der Waals surface area (Å²) >= 11 is 0. The lowest BCUT2D eigenvalue weighted by Gasteiger charge is -2.10. The van der Waals surface area contributed by atoms with Crippen LogP contribution in [0.3, 0.4) is 0 Å². The molecule has 2 aromatic heterocycles. The zero-order chi connectivity index (χ0) is 32.7. The molecule has 0 radical (unpaired) electrons. The predicted molar refractivity (Wildman–Crippen MR) is 157 cm³/mol. The van der Waals surface area contributed by atoms with Gasteiger partial charge in [-0.2, -0.15) is 32.3 Å². The van der Waals surface area contributed by atoms with Crippen LogP contribution in [0.25, 0.3) is 22.6 Å². The second-order valence-corrected chi connectivity index (χ2v) is 12.1. The van der Waals surface area contributed by atoms with Gasteiger partial charge in [0.25, 0.3) is 20.2 Å². The van der Waals surface area contributed by atoms with Crippen LogP contribution in [0.5, 0.6) is 0 Å². The van der Waals surface area contributed by atoms with Gasteiger partial charge in [0.2, 0.25) is 0 Å². The summed E-state index contributed by atoms with van der Waals surface area (Å²) in [6.07, 6.45) is 0. The number of anilines is 1. The van der Waals surface area contributed by atoms with E-state index in [2.05, 4.69) is 20.4 Å². The van der Waals surface area contributed by atoms with E-state index in [1.165, 1.54) is 35.9 Å². The Bertz CT molecular complexity index is 2270. The van der Waals surface area contributed by atoms with Crippen LogP contribution >= 0.6 is 0 Å². The van der Waals surface area contributed by atoms with Crippen LogP contribution in [0, 0.1) is 18.3 Å². The Morgan fingerprint density at radius 1 is 0.911 bits per heavy atom. The Hall–Kier alpha value is -5.74. The third kappa shape index (κ3) is 5.91. The van der Waals surface area contributed by atoms with Crippen molar-refractivity contribution in [3.8, 4) is 28.7 Å². The molecular formula is C27H20N8O8S2. The van der Waals surface area contributed by atoms with Gasteiger partial charge in [0, 0.05) is 5.56 Å². The average molecular weight is 649 g/mol. The molecule has 0 unspecified atom stereocenters. The van der Waals surface area contributed by atoms with Crippen molar-refractivity contribution in [2.45, 2.75) is 16.7 Å². The Kier molecular flexibility index (Phi) is 7.78. The molecule has 0 aliphatic heterocycles. The molecule has 0 spiro atoms. The molecule has 45 heavy (non-hydrogen) atoms. The van der Waals surface area contributed by atoms with Crippen LogP contribution in [0.2, 0.25) is 0 Å². The number of aromatic nitrogens is 4. The van der Waals surface area contributed by atoms with Gasteiger partial charge in [0.15, 0.2) is 17.3 Å². The van der Waals surface area contributed by atoms with Crippen LogP contribution in [0.1, 0.15) is 21.6 Å². The van der Waals surface area contributed by atoms with Crippen LogP contribution in [-0.2, 0) is 20.2 Å². The topological polar surface area (TPSA) is 256 Å². The highest BCUT2D eigenvalue weighted by Gasteiger charge is 2.26. The minimum atomic E-state index is -4.99. The summed E-state index contributed by atoms with van der Waals surface area (Å²) in [5, 5.41) is 36.2. The summed E-state index contributed by atoms with van der Waals surface area (Å²) in [7, 11) is -9.83. The molecule has 0 saturated heterocycles. The van der Waals surface area contributed by atoms with E-state index in [0.29, 0.717) is 11.3 Å². The molecule has 0 fully saturated rings. The maximum atomic E-state index is 12.2. The molecule has 0 amide bonds. The minimum absolute atomic E-state index is 0.000469. The summed E-state index contributed by atoms with van der Waals surface area (Å²) in [5.41, 5.74) is 6.94. The fraction of sp³-hybridized carbons (Fsp3) is 0.0370. The van der Waals surface area contributed by atoms with Crippen LogP contribution in [0.4, 0.5) is 17.3 Å². The van der Waals surface area contributed by atoms with Crippen molar-refractivity contribution in [2.75, 3.05) is 5.73 Å². The second kappa shape index (κ2) is 11.4. The van der Waals surface area contributed by atoms with E-state index in [-0.39, 0.29) is 39.8 Å². The number of nitriles is 1. The number of carbonyl (C=O) groups is 1. The van der Waals surface area contributed by atoms with E-state index in [0.717, 1.165) is 22.9 Å². The monoisotopic (exact) mass is 648 g/mol. The standard InChI is InChI=1S/C27H20N8O8S2/c1-15-20(14-28)26(35(32-15)21-13-19(44(38,39)40)11-12-22(21)45(41,42)43)31-30-24-23(16-5-3-2-4-6-16)33-34(25(24)29)18-9-7-17(8-10-18)27(36)37/h2-13H,29H2,1H3,(H,36,37)(H,38,39,40)(H,41,42,43). The zero-order valence-corrected chi connectivity index (χ0v) is 24.5. The molecule has 0 saturated carbocycles. The second-order valence-electron chi connectivity index (χ2n) is 9.30. The van der Waals surface area contributed by atoms with Crippen LogP contribution < -0.4 is 5.73 Å². The first-order valence-electron chi connectivity index (χ1n) is 12.5. The van der Waals surface area contributed by atoms with Crippen molar-refractivity contribution in [3.63, 3.8) is 0 Å². The number of hydrogen-bond acceptors (Lipinski definition) is 11. The lowest BCUT2D eigenvalue weighted by atomic mass is 10.1. The van der Waals surface area contributed by atoms with Gasteiger partial charge in [-0.3, -0.25) is 9.11 Å². The smallest absolute Gasteiger partial charge is 0.335 e. The molecule has 3 aromatic carbocycles. The van der Waals surface area contributed by atoms with Crippen molar-refractivity contribution in [3.05, 3.63) is 89.6 Å². The molecule has 2 heterocycles. The lowest BCUT2D eigenvalue weighted by Crippen LogP contribution is -2.09. The number of aryl methyl sites for hydroxylation is 1. The van der Waals surface area contributed by atoms with Gasteiger partial charge < -0.3 is 10.8 Å². The molecule has 0 aliphatic rings. The number of carboxylic acid groups (broad SMARTS) is 1. The number of nitrogens with zero attached hydrogens (tertiary/aromatic N) is 7. The Balaban J connectivity index is 1.74. The maximum absolute atomic E-state index is 12.2. The van der Waals surface area contributed by atoms with Crippen molar-refractivity contribution in [1.82, 2.24) is 19.6 Å². The summed E-state index contributed by atoms with van der Waals surface area (Å²) in [5.74, 6) is -1.55. The highest BCUT2D eigenvalue weighted by Crippen LogP contribution is 2.39. The Morgan fingerprint density at radius 2 is 1.58 bits per heavy atom. The summed E-state index contributed by atoms with van der Waals surface area (Å²) in [6, 6.07) is 18.5. The molecule has 0 atom stereocenters. The normalized spacial score (nSPS) is 12.0. The first-order chi connectivity index (χ1) is 21.2. The summed E-state index contributed by atoms with van der Waals surface area (Å²) in [4.78, 5) is 9.78. The van der Waals surface area contributed by atoms with Gasteiger partial charge in [-0.15, -0.1) is 10.2 Å². The van der Waals surface area contributed by atoms with Gasteiger partial charge in [-0.05, 0) is 49.4 Å². The van der Waals surface area contributed by atoms with Crippen LogP contribution in [-0.4, -0.2) is 56.6 Å². The third-order valence-corrected chi connectivity index (χ3v) is 8.18. The van der Waals surface area contributed by atoms with Crippen molar-refractivity contribution in [2.24, 2.45) is 10.2 Å². The first kappa shape index (κ1) is 30.7. The number of rotatable bonds is 8. The van der Waals surface area contributed by atoms with E-state index in [9.17, 15) is 41.1 Å². The van der Waals surface area contributed by atoms with Crippen molar-refractivity contribution in [1.29, 1.82) is 5.26 Å². The van der Waals surface area contributed by atoms with Gasteiger partial charge in [0.1, 0.15) is 22.2 Å². The molecule has 5 rings (SSSR count). The van der Waals surface area contributed by atoms with E-state index in [4.69, 9.17) is 5.73 Å². The molecule has 18 heteroatoms. The summed E-state index contributed by atoms with van der Waals surface area (Å²) in [6.45, 7) is 1.40. The Morgan fingerprint density at radius 3 is 2.16 bits per heavy atom. The largest absolute Gasteiger partial charge is 0.478 e. The van der Waals surface area contributed by atoms with E-state index < -0.39 is 41.7 Å². The number of benzene rings is 3. The number of hydrogen-bond donors (Lipinski definition) is 4. The number of carboxylic acids is 1. The molecule has 16 nitrogen and oxygen atoms in total. The maximum Gasteiger partial charge on any atom is 0.335 e. The Labute approximate surface area is 254 Å². The van der Waals surface area contributed by atoms with Gasteiger partial charge >= 0.3 is 5.97 Å². The van der Waals surface area contributed by atoms with Crippen LogP contribution in [0.15, 0.2) is 92.8 Å². The molecule has 228 valence electrons. The lowest BCUT2D eigenvalue weighted by molar-refractivity contribution is 0.0696. The van der Waals surface area contributed by atoms with Gasteiger partial charge in [-0.1, -0.05) is 30.3 Å². The zero-order valence-electron chi connectivity index (χ0n) is 22.8. The van der Waals surface area contributed by atoms with E-state index in [1.807, 2.05) is 6.07 Å². The number of azo groups is 1. The molecule has 5 N–H and O–H groups in total. The quantitative estimate of drug-likeness (QED) is 0.137. The fourth-order valence-corrected chi connectivity index (χ4v) is 5.45. The summed E-state index contributed by atoms with van der Waals surface area (Å²) < 4.78 is 69.6. The predicted octanol–water partition coefficient (Wildman–Crippen LogP) is 4.09. The van der Waals surface area contributed by atoms with Crippen molar-refractivity contribution >= 4 is 43.5 Å². The minimum Gasteiger partial charge on any atom is -0.478 e. The molecular weight excluding hydrogens is 628 g/mol. The fourth-order valence-electron chi connectivity index (χ4n) is 4.30. The van der Waals surface area contributed by atoms with E-state index >= 15 is 0 Å². The highest BCUT2D eigenvalue weighted by molar-refractivity contribution is 7.86. The molecule has 0 aliphatic carbocycles. The third-order valence-electron chi connectivity index (χ3n) is 6.43. The van der Waals surface area contributed by atoms with Gasteiger partial charge in [0.05, 0.1) is 27.5 Å². The number of nitrogen functional groups attached to an aromatic ring is 1. The first-order valence-corrected chi connectivity index (χ1v) is 15.4. The molecule has 0 bridgehead atoms. The number of nitrogens with two attached hydrogens (primary N) is 1. The average Bonchev–Trinajstić information content (AvgIpc) is 3.50. The van der Waals surface area contributed by atoms with Gasteiger partial charge in [-0.25, -0.2) is 14.2 Å². The van der Waals surface area contributed by atoms with Crippen molar-refractivity contribution < 1.29 is 35.8 Å². The highest BCUT2D eigenvalue weighted by atomic mass is 32.2. The number of aromatic carboxylic acids is 1.